The average Bonchev–Trinajstić information content (AvgIpc) is 3.34. The van der Waals surface area contributed by atoms with Gasteiger partial charge in [0.15, 0.2) is 0 Å². The van der Waals surface area contributed by atoms with Gasteiger partial charge < -0.3 is 9.64 Å². The summed E-state index contributed by atoms with van der Waals surface area (Å²) in [6, 6.07) is 4.46. The number of amides is 1. The molecule has 1 aromatic rings. The molecule has 21 heavy (non-hydrogen) atoms. The fourth-order valence-electron chi connectivity index (χ4n) is 3.36. The second-order valence-corrected chi connectivity index (χ2v) is 6.42. The van der Waals surface area contributed by atoms with E-state index in [4.69, 9.17) is 4.74 Å². The van der Waals surface area contributed by atoms with E-state index in [1.807, 2.05) is 12.1 Å². The zero-order chi connectivity index (χ0) is 14.8. The number of ether oxygens (including phenoxy) is 1. The Morgan fingerprint density at radius 2 is 1.81 bits per heavy atom. The highest BCUT2D eigenvalue weighted by Gasteiger charge is 2.39. The molecular formula is C17H24N2O2. The van der Waals surface area contributed by atoms with Gasteiger partial charge in [-0.2, -0.15) is 0 Å². The highest BCUT2D eigenvalue weighted by molar-refractivity contribution is 5.97. The summed E-state index contributed by atoms with van der Waals surface area (Å²) < 4.78 is 5.26. The Balaban J connectivity index is 1.82. The van der Waals surface area contributed by atoms with Crippen molar-refractivity contribution in [2.24, 2.45) is 5.92 Å². The van der Waals surface area contributed by atoms with E-state index in [2.05, 4.69) is 16.8 Å². The van der Waals surface area contributed by atoms with Crippen LogP contribution < -0.4 is 4.74 Å². The van der Waals surface area contributed by atoms with Gasteiger partial charge in [0, 0.05) is 18.3 Å². The van der Waals surface area contributed by atoms with Crippen molar-refractivity contribution in [3.8, 4) is 5.88 Å². The van der Waals surface area contributed by atoms with Gasteiger partial charge in [-0.1, -0.05) is 6.92 Å². The highest BCUT2D eigenvalue weighted by Crippen LogP contribution is 2.36. The first-order valence-electron chi connectivity index (χ1n) is 8.02. The summed E-state index contributed by atoms with van der Waals surface area (Å²) in [5.41, 5.74) is 0.602. The molecular weight excluding hydrogens is 264 g/mol. The van der Waals surface area contributed by atoms with E-state index in [0.717, 1.165) is 31.6 Å². The Labute approximate surface area is 126 Å². The van der Waals surface area contributed by atoms with Crippen LogP contribution in [0.1, 0.15) is 55.8 Å². The third-order valence-corrected chi connectivity index (χ3v) is 4.75. The Morgan fingerprint density at radius 3 is 2.38 bits per heavy atom. The summed E-state index contributed by atoms with van der Waals surface area (Å²) in [6.07, 6.45) is 8.66. The van der Waals surface area contributed by atoms with Crippen molar-refractivity contribution in [2.45, 2.75) is 57.5 Å². The molecule has 0 spiro atoms. The number of nitrogens with zero attached hydrogens (tertiary/aromatic N) is 2. The first-order chi connectivity index (χ1) is 10.2. The minimum absolute atomic E-state index is 0.0991. The monoisotopic (exact) mass is 288 g/mol. The van der Waals surface area contributed by atoms with Crippen molar-refractivity contribution in [3.05, 3.63) is 23.9 Å². The molecule has 3 rings (SSSR count). The SMILES string of the molecule is COc1ncccc1C(=O)N(C1CCC(C)CC1)C1CC1. The molecule has 4 nitrogen and oxygen atoms in total. The van der Waals surface area contributed by atoms with Crippen LogP contribution in [0.3, 0.4) is 0 Å². The Hall–Kier alpha value is -1.58. The third kappa shape index (κ3) is 3.04. The fraction of sp³-hybridized carbons (Fsp3) is 0.647. The van der Waals surface area contributed by atoms with Crippen LogP contribution in [0.4, 0.5) is 0 Å². The molecule has 0 bridgehead atoms. The first kappa shape index (κ1) is 14.4. The van der Waals surface area contributed by atoms with E-state index in [-0.39, 0.29) is 5.91 Å². The van der Waals surface area contributed by atoms with Crippen molar-refractivity contribution < 1.29 is 9.53 Å². The molecule has 1 heterocycles. The van der Waals surface area contributed by atoms with Crippen molar-refractivity contribution in [2.75, 3.05) is 7.11 Å². The molecule has 0 aromatic carbocycles. The molecule has 2 aliphatic rings. The Morgan fingerprint density at radius 1 is 1.19 bits per heavy atom. The Bertz CT molecular complexity index is 505. The molecule has 1 aromatic heterocycles. The summed E-state index contributed by atoms with van der Waals surface area (Å²) in [5.74, 6) is 1.34. The van der Waals surface area contributed by atoms with Crippen molar-refractivity contribution in [1.29, 1.82) is 0 Å². The summed E-state index contributed by atoms with van der Waals surface area (Å²) >= 11 is 0. The molecule has 0 saturated heterocycles. The molecule has 1 amide bonds. The lowest BCUT2D eigenvalue weighted by Crippen LogP contribution is -2.43. The van der Waals surface area contributed by atoms with Gasteiger partial charge in [-0.3, -0.25) is 4.79 Å². The number of methoxy groups -OCH3 is 1. The molecule has 0 N–H and O–H groups in total. The number of aromatic nitrogens is 1. The van der Waals surface area contributed by atoms with Gasteiger partial charge in [0.2, 0.25) is 5.88 Å². The summed E-state index contributed by atoms with van der Waals surface area (Å²) in [4.78, 5) is 19.3. The van der Waals surface area contributed by atoms with Gasteiger partial charge in [-0.15, -0.1) is 0 Å². The number of rotatable bonds is 4. The molecule has 114 valence electrons. The van der Waals surface area contributed by atoms with Gasteiger partial charge in [-0.05, 0) is 56.6 Å². The van der Waals surface area contributed by atoms with Crippen LogP contribution in [0, 0.1) is 5.92 Å². The average molecular weight is 288 g/mol. The minimum atomic E-state index is 0.0991. The lowest BCUT2D eigenvalue weighted by atomic mass is 9.86. The molecule has 4 heteroatoms. The van der Waals surface area contributed by atoms with Gasteiger partial charge in [-0.25, -0.2) is 4.98 Å². The van der Waals surface area contributed by atoms with E-state index in [9.17, 15) is 4.79 Å². The summed E-state index contributed by atoms with van der Waals surface area (Å²) in [7, 11) is 1.57. The van der Waals surface area contributed by atoms with E-state index >= 15 is 0 Å². The molecule has 0 radical (unpaired) electrons. The second-order valence-electron chi connectivity index (χ2n) is 6.42. The maximum absolute atomic E-state index is 13.0. The topological polar surface area (TPSA) is 42.4 Å². The van der Waals surface area contributed by atoms with Crippen LogP contribution in [0.25, 0.3) is 0 Å². The maximum atomic E-state index is 13.0. The summed E-state index contributed by atoms with van der Waals surface area (Å²) in [5, 5.41) is 0. The maximum Gasteiger partial charge on any atom is 0.259 e. The minimum Gasteiger partial charge on any atom is -0.480 e. The van der Waals surface area contributed by atoms with Crippen molar-refractivity contribution in [3.63, 3.8) is 0 Å². The zero-order valence-electron chi connectivity index (χ0n) is 12.9. The molecule has 0 aliphatic heterocycles. The fourth-order valence-corrected chi connectivity index (χ4v) is 3.36. The van der Waals surface area contributed by atoms with E-state index in [1.165, 1.54) is 12.8 Å². The number of carbonyl (C=O) groups is 1. The van der Waals surface area contributed by atoms with E-state index in [0.29, 0.717) is 23.5 Å². The third-order valence-electron chi connectivity index (χ3n) is 4.75. The number of hydrogen-bond acceptors (Lipinski definition) is 3. The zero-order valence-corrected chi connectivity index (χ0v) is 12.9. The van der Waals surface area contributed by atoms with Crippen LogP contribution in [0.5, 0.6) is 5.88 Å². The van der Waals surface area contributed by atoms with Crippen LogP contribution >= 0.6 is 0 Å². The number of hydrogen-bond donors (Lipinski definition) is 0. The van der Waals surface area contributed by atoms with Crippen LogP contribution in [0.15, 0.2) is 18.3 Å². The van der Waals surface area contributed by atoms with E-state index in [1.54, 1.807) is 13.3 Å². The van der Waals surface area contributed by atoms with Crippen LogP contribution in [-0.4, -0.2) is 35.0 Å². The van der Waals surface area contributed by atoms with Gasteiger partial charge in [0.25, 0.3) is 5.91 Å². The first-order valence-corrected chi connectivity index (χ1v) is 8.02. The van der Waals surface area contributed by atoms with Crippen molar-refractivity contribution in [1.82, 2.24) is 9.88 Å². The predicted molar refractivity (Wildman–Crippen MR) is 81.4 cm³/mol. The van der Waals surface area contributed by atoms with E-state index < -0.39 is 0 Å². The quantitative estimate of drug-likeness (QED) is 0.854. The molecule has 0 unspecified atom stereocenters. The van der Waals surface area contributed by atoms with Crippen LogP contribution in [-0.2, 0) is 0 Å². The normalized spacial score (nSPS) is 25.4. The lowest BCUT2D eigenvalue weighted by molar-refractivity contribution is 0.0589. The van der Waals surface area contributed by atoms with Gasteiger partial charge in [0.05, 0.1) is 7.11 Å². The molecule has 2 fully saturated rings. The van der Waals surface area contributed by atoms with Crippen LogP contribution in [0.2, 0.25) is 0 Å². The van der Waals surface area contributed by atoms with Gasteiger partial charge >= 0.3 is 0 Å². The van der Waals surface area contributed by atoms with Crippen molar-refractivity contribution >= 4 is 5.91 Å². The largest absolute Gasteiger partial charge is 0.480 e. The molecule has 2 saturated carbocycles. The highest BCUT2D eigenvalue weighted by atomic mass is 16.5. The molecule has 0 atom stereocenters. The molecule has 2 aliphatic carbocycles. The summed E-state index contributed by atoms with van der Waals surface area (Å²) in [6.45, 7) is 2.31. The Kier molecular flexibility index (Phi) is 4.13. The number of pyridine rings is 1. The standard InChI is InChI=1S/C17H24N2O2/c1-12-5-7-13(8-6-12)19(14-9-10-14)17(20)15-4-3-11-18-16(15)21-2/h3-4,11-14H,5-10H2,1-2H3. The second kappa shape index (κ2) is 6.04. The number of carbonyl (C=O) groups excluding carboxylic acids is 1. The lowest BCUT2D eigenvalue weighted by Gasteiger charge is -2.36. The van der Waals surface area contributed by atoms with Gasteiger partial charge in [0.1, 0.15) is 5.56 Å². The predicted octanol–water partition coefficient (Wildman–Crippen LogP) is 3.27. The smallest absolute Gasteiger partial charge is 0.259 e.